The quantitative estimate of drug-likeness (QED) is 0.685. The topological polar surface area (TPSA) is 108 Å². The molecule has 144 valence electrons. The molecule has 0 aliphatic rings. The molecule has 2 amide bonds. The molecular weight excluding hydrogens is 358 g/mol. The molecule has 2 aromatic rings. The Morgan fingerprint density at radius 1 is 1.07 bits per heavy atom. The van der Waals surface area contributed by atoms with E-state index in [4.69, 9.17) is 10.00 Å². The molecule has 0 aliphatic carbocycles. The van der Waals surface area contributed by atoms with Gasteiger partial charge in [-0.3, -0.25) is 14.4 Å². The van der Waals surface area contributed by atoms with E-state index in [9.17, 15) is 14.4 Å². The number of nitriles is 1. The van der Waals surface area contributed by atoms with Gasteiger partial charge in [-0.2, -0.15) is 5.26 Å². The smallest absolute Gasteiger partial charge is 0.308 e. The normalized spacial score (nSPS) is 11.0. The van der Waals surface area contributed by atoms with Crippen LogP contribution in [-0.4, -0.2) is 30.4 Å². The van der Waals surface area contributed by atoms with Crippen LogP contribution in [0.15, 0.2) is 54.6 Å². The van der Waals surface area contributed by atoms with E-state index in [1.165, 1.54) is 0 Å². The Morgan fingerprint density at radius 2 is 1.75 bits per heavy atom. The van der Waals surface area contributed by atoms with E-state index in [0.717, 1.165) is 5.56 Å². The fourth-order valence-electron chi connectivity index (χ4n) is 2.40. The molecule has 7 heteroatoms. The summed E-state index contributed by atoms with van der Waals surface area (Å²) in [5, 5.41) is 13.9. The number of rotatable bonds is 8. The number of ether oxygens (including phenoxy) is 1. The average Bonchev–Trinajstić information content (AvgIpc) is 2.68. The van der Waals surface area contributed by atoms with Gasteiger partial charge >= 0.3 is 5.97 Å². The van der Waals surface area contributed by atoms with E-state index >= 15 is 0 Å². The highest BCUT2D eigenvalue weighted by Crippen LogP contribution is 2.10. The number of nitrogens with zero attached hydrogens (tertiary/aromatic N) is 1. The molecule has 0 fully saturated rings. The summed E-state index contributed by atoms with van der Waals surface area (Å²) in [6.07, 6.45) is 0.250. The van der Waals surface area contributed by atoms with E-state index in [0.29, 0.717) is 17.7 Å². The second-order valence-corrected chi connectivity index (χ2v) is 6.19. The lowest BCUT2D eigenvalue weighted by atomic mass is 10.1. The zero-order valence-electron chi connectivity index (χ0n) is 15.5. The number of anilines is 1. The van der Waals surface area contributed by atoms with Gasteiger partial charge in [0.2, 0.25) is 0 Å². The van der Waals surface area contributed by atoms with Gasteiger partial charge in [-0.15, -0.1) is 0 Å². The summed E-state index contributed by atoms with van der Waals surface area (Å²) in [6, 6.07) is 17.1. The van der Waals surface area contributed by atoms with Gasteiger partial charge in [-0.1, -0.05) is 30.3 Å². The summed E-state index contributed by atoms with van der Waals surface area (Å²) in [4.78, 5) is 35.8. The standard InChI is InChI=1S/C21H21N3O4/c1-15(23-21(27)17-5-3-2-4-6-17)13-20(26)28-14-19(25)24-18-9-7-16(8-10-18)11-12-22/h2-10,15H,11,13-14H2,1H3,(H,23,27)(H,24,25). The van der Waals surface area contributed by atoms with Crippen LogP contribution < -0.4 is 10.6 Å². The van der Waals surface area contributed by atoms with E-state index in [1.807, 2.05) is 12.1 Å². The summed E-state index contributed by atoms with van der Waals surface area (Å²) in [7, 11) is 0. The Bertz CT molecular complexity index is 857. The highest BCUT2D eigenvalue weighted by Gasteiger charge is 2.15. The maximum absolute atomic E-state index is 12.0. The Kier molecular flexibility index (Phi) is 7.73. The van der Waals surface area contributed by atoms with Gasteiger partial charge in [0, 0.05) is 17.3 Å². The first-order valence-corrected chi connectivity index (χ1v) is 8.75. The number of carbonyl (C=O) groups is 3. The molecular formula is C21H21N3O4. The molecule has 1 unspecified atom stereocenters. The summed E-state index contributed by atoms with van der Waals surface area (Å²) in [5.41, 5.74) is 1.90. The zero-order chi connectivity index (χ0) is 20.4. The molecule has 2 rings (SSSR count). The van der Waals surface area contributed by atoms with Crippen molar-refractivity contribution in [1.29, 1.82) is 5.26 Å². The molecule has 7 nitrogen and oxygen atoms in total. The number of nitrogens with one attached hydrogen (secondary N) is 2. The number of amides is 2. The predicted molar refractivity (Wildman–Crippen MR) is 103 cm³/mol. The zero-order valence-corrected chi connectivity index (χ0v) is 15.5. The van der Waals surface area contributed by atoms with Crippen molar-refractivity contribution in [1.82, 2.24) is 5.32 Å². The average molecular weight is 379 g/mol. The van der Waals surface area contributed by atoms with Crippen LogP contribution in [0.2, 0.25) is 0 Å². The van der Waals surface area contributed by atoms with E-state index in [1.54, 1.807) is 55.5 Å². The molecule has 0 heterocycles. The molecule has 1 atom stereocenters. The van der Waals surface area contributed by atoms with Crippen molar-refractivity contribution in [2.45, 2.75) is 25.8 Å². The Labute approximate surface area is 163 Å². The third-order valence-electron chi connectivity index (χ3n) is 3.77. The minimum absolute atomic E-state index is 0.0469. The van der Waals surface area contributed by atoms with E-state index in [2.05, 4.69) is 10.6 Å². The minimum atomic E-state index is -0.583. The highest BCUT2D eigenvalue weighted by molar-refractivity contribution is 5.95. The molecule has 2 aromatic carbocycles. The molecule has 2 N–H and O–H groups in total. The second kappa shape index (κ2) is 10.5. The van der Waals surface area contributed by atoms with Crippen LogP contribution in [0, 0.1) is 11.3 Å². The number of carbonyl (C=O) groups excluding carboxylic acids is 3. The Hall–Kier alpha value is -3.66. The third-order valence-corrected chi connectivity index (χ3v) is 3.77. The van der Waals surface area contributed by atoms with Gasteiger partial charge in [0.25, 0.3) is 11.8 Å². The van der Waals surface area contributed by atoms with Crippen LogP contribution in [0.3, 0.4) is 0 Å². The molecule has 0 spiro atoms. The van der Waals surface area contributed by atoms with Gasteiger partial charge in [-0.05, 0) is 36.8 Å². The van der Waals surface area contributed by atoms with Crippen molar-refractivity contribution in [2.24, 2.45) is 0 Å². The molecule has 0 bridgehead atoms. The first kappa shape index (κ1) is 20.6. The van der Waals surface area contributed by atoms with Crippen molar-refractivity contribution >= 4 is 23.5 Å². The molecule has 0 saturated heterocycles. The summed E-state index contributed by atoms with van der Waals surface area (Å²) < 4.78 is 4.95. The summed E-state index contributed by atoms with van der Waals surface area (Å²) in [6.45, 7) is 1.27. The van der Waals surface area contributed by atoms with Crippen molar-refractivity contribution in [3.8, 4) is 6.07 Å². The van der Waals surface area contributed by atoms with Crippen LogP contribution in [0.1, 0.15) is 29.3 Å². The first-order valence-electron chi connectivity index (χ1n) is 8.75. The second-order valence-electron chi connectivity index (χ2n) is 6.19. The Morgan fingerprint density at radius 3 is 2.39 bits per heavy atom. The van der Waals surface area contributed by atoms with E-state index in [-0.39, 0.29) is 12.3 Å². The van der Waals surface area contributed by atoms with E-state index < -0.39 is 24.5 Å². The molecule has 0 aliphatic heterocycles. The SMILES string of the molecule is CC(CC(=O)OCC(=O)Nc1ccc(CC#N)cc1)NC(=O)c1ccccc1. The number of hydrogen-bond donors (Lipinski definition) is 2. The van der Waals surface area contributed by atoms with Crippen LogP contribution in [0.4, 0.5) is 5.69 Å². The van der Waals surface area contributed by atoms with Crippen LogP contribution in [0.5, 0.6) is 0 Å². The molecule has 0 saturated carbocycles. The predicted octanol–water partition coefficient (Wildman–Crippen LogP) is 2.44. The lowest BCUT2D eigenvalue weighted by Gasteiger charge is -2.13. The molecule has 28 heavy (non-hydrogen) atoms. The summed E-state index contributed by atoms with van der Waals surface area (Å²) in [5.74, 6) is -1.33. The van der Waals surface area contributed by atoms with Gasteiger partial charge in [-0.25, -0.2) is 0 Å². The minimum Gasteiger partial charge on any atom is -0.455 e. The maximum atomic E-state index is 12.0. The lowest BCUT2D eigenvalue weighted by molar-refractivity contribution is -0.147. The Balaban J connectivity index is 1.71. The number of hydrogen-bond acceptors (Lipinski definition) is 5. The van der Waals surface area contributed by atoms with Crippen LogP contribution >= 0.6 is 0 Å². The maximum Gasteiger partial charge on any atom is 0.308 e. The highest BCUT2D eigenvalue weighted by atomic mass is 16.5. The van der Waals surface area contributed by atoms with Gasteiger partial charge < -0.3 is 15.4 Å². The molecule has 0 aromatic heterocycles. The van der Waals surface area contributed by atoms with Gasteiger partial charge in [0.1, 0.15) is 0 Å². The first-order chi connectivity index (χ1) is 13.5. The van der Waals surface area contributed by atoms with Crippen molar-refractivity contribution < 1.29 is 19.1 Å². The molecule has 0 radical (unpaired) electrons. The van der Waals surface area contributed by atoms with Crippen LogP contribution in [0.25, 0.3) is 0 Å². The van der Waals surface area contributed by atoms with Gasteiger partial charge in [0.15, 0.2) is 6.61 Å². The largest absolute Gasteiger partial charge is 0.455 e. The third kappa shape index (κ3) is 6.92. The van der Waals surface area contributed by atoms with Crippen molar-refractivity contribution in [3.05, 3.63) is 65.7 Å². The number of benzene rings is 2. The number of esters is 1. The summed E-state index contributed by atoms with van der Waals surface area (Å²) >= 11 is 0. The van der Waals surface area contributed by atoms with Crippen molar-refractivity contribution in [3.63, 3.8) is 0 Å². The lowest BCUT2D eigenvalue weighted by Crippen LogP contribution is -2.35. The fourth-order valence-corrected chi connectivity index (χ4v) is 2.40. The fraction of sp³-hybridized carbons (Fsp3) is 0.238. The van der Waals surface area contributed by atoms with Crippen molar-refractivity contribution in [2.75, 3.05) is 11.9 Å². The van der Waals surface area contributed by atoms with Gasteiger partial charge in [0.05, 0.1) is 18.9 Å². The van der Waals surface area contributed by atoms with Crippen LogP contribution in [-0.2, 0) is 20.7 Å². The monoisotopic (exact) mass is 379 g/mol.